The lowest BCUT2D eigenvalue weighted by molar-refractivity contribution is 0.160. The van der Waals surface area contributed by atoms with E-state index >= 15 is 0 Å². The van der Waals surface area contributed by atoms with Gasteiger partial charge in [-0.3, -0.25) is 0 Å². The zero-order chi connectivity index (χ0) is 14.1. The van der Waals surface area contributed by atoms with Crippen LogP contribution in [0.5, 0.6) is 0 Å². The van der Waals surface area contributed by atoms with Gasteiger partial charge in [0, 0.05) is 25.7 Å². The van der Waals surface area contributed by atoms with Crippen LogP contribution in [0, 0.1) is 16.7 Å². The van der Waals surface area contributed by atoms with Crippen molar-refractivity contribution in [2.45, 2.75) is 66.3 Å². The number of nitrogens with one attached hydrogen (secondary N) is 1. The summed E-state index contributed by atoms with van der Waals surface area (Å²) in [4.78, 5) is 2.72. The van der Waals surface area contributed by atoms with Gasteiger partial charge in [-0.05, 0) is 49.0 Å². The average Bonchev–Trinajstić information content (AvgIpc) is 3.04. The zero-order valence-corrected chi connectivity index (χ0v) is 13.8. The highest BCUT2D eigenvalue weighted by atomic mass is 15.2. The molecule has 1 heterocycles. The third kappa shape index (κ3) is 4.46. The maximum Gasteiger partial charge on any atom is 0.00684 e. The molecule has 2 rings (SSSR count). The van der Waals surface area contributed by atoms with Crippen molar-refractivity contribution < 1.29 is 0 Å². The Kier molecular flexibility index (Phi) is 4.62. The highest BCUT2D eigenvalue weighted by molar-refractivity contribution is 4.90. The molecule has 2 atom stereocenters. The van der Waals surface area contributed by atoms with Crippen LogP contribution < -0.4 is 5.32 Å². The fourth-order valence-corrected chi connectivity index (χ4v) is 3.19. The van der Waals surface area contributed by atoms with Crippen molar-refractivity contribution in [2.24, 2.45) is 16.7 Å². The minimum atomic E-state index is 0.454. The summed E-state index contributed by atoms with van der Waals surface area (Å²) in [6.45, 7) is 17.1. The zero-order valence-electron chi connectivity index (χ0n) is 13.8. The van der Waals surface area contributed by atoms with Crippen LogP contribution in [-0.4, -0.2) is 37.1 Å². The fraction of sp³-hybridized carbons (Fsp3) is 1.00. The van der Waals surface area contributed by atoms with Gasteiger partial charge >= 0.3 is 0 Å². The van der Waals surface area contributed by atoms with Crippen LogP contribution in [0.15, 0.2) is 0 Å². The van der Waals surface area contributed by atoms with Gasteiger partial charge in [-0.15, -0.1) is 0 Å². The van der Waals surface area contributed by atoms with Crippen LogP contribution in [0.3, 0.4) is 0 Å². The molecule has 0 aromatic rings. The Morgan fingerprint density at radius 1 is 1.11 bits per heavy atom. The van der Waals surface area contributed by atoms with Gasteiger partial charge in [0.25, 0.3) is 0 Å². The van der Waals surface area contributed by atoms with Gasteiger partial charge in [-0.25, -0.2) is 0 Å². The van der Waals surface area contributed by atoms with Gasteiger partial charge in [0.1, 0.15) is 0 Å². The van der Waals surface area contributed by atoms with Crippen molar-refractivity contribution in [1.82, 2.24) is 10.2 Å². The van der Waals surface area contributed by atoms with E-state index in [4.69, 9.17) is 0 Å². The largest absolute Gasteiger partial charge is 0.313 e. The molecule has 1 saturated carbocycles. The molecule has 1 saturated heterocycles. The molecule has 112 valence electrons. The Labute approximate surface area is 120 Å². The summed E-state index contributed by atoms with van der Waals surface area (Å²) < 4.78 is 0. The molecular formula is C17H34N2. The van der Waals surface area contributed by atoms with Crippen molar-refractivity contribution in [1.29, 1.82) is 0 Å². The standard InChI is InChI=1S/C17H34N2/c1-6-17(5,12-18-15-7-8-15)13-19-10-9-14(11-19)16(2,3)4/h14-15,18H,6-13H2,1-5H3. The van der Waals surface area contributed by atoms with Crippen LogP contribution >= 0.6 is 0 Å². The third-order valence-corrected chi connectivity index (χ3v) is 5.35. The summed E-state index contributed by atoms with van der Waals surface area (Å²) in [6, 6.07) is 0.840. The molecule has 0 radical (unpaired) electrons. The lowest BCUT2D eigenvalue weighted by Crippen LogP contribution is -2.42. The lowest BCUT2D eigenvalue weighted by atomic mass is 9.80. The summed E-state index contributed by atoms with van der Waals surface area (Å²) in [7, 11) is 0. The van der Waals surface area contributed by atoms with Crippen molar-refractivity contribution >= 4 is 0 Å². The van der Waals surface area contributed by atoms with Gasteiger partial charge in [0.05, 0.1) is 0 Å². The minimum absolute atomic E-state index is 0.454. The van der Waals surface area contributed by atoms with E-state index in [1.54, 1.807) is 0 Å². The van der Waals surface area contributed by atoms with E-state index in [0.29, 0.717) is 10.8 Å². The molecule has 2 aliphatic rings. The topological polar surface area (TPSA) is 15.3 Å². The molecule has 0 spiro atoms. The maximum atomic E-state index is 3.74. The quantitative estimate of drug-likeness (QED) is 0.791. The molecule has 2 heteroatoms. The van der Waals surface area contributed by atoms with Crippen LogP contribution in [0.25, 0.3) is 0 Å². The molecule has 0 aromatic carbocycles. The molecule has 2 fully saturated rings. The van der Waals surface area contributed by atoms with Gasteiger partial charge in [0.2, 0.25) is 0 Å². The summed E-state index contributed by atoms with van der Waals surface area (Å²) in [6.07, 6.45) is 5.47. The molecule has 1 aliphatic heterocycles. The highest BCUT2D eigenvalue weighted by Crippen LogP contribution is 2.35. The van der Waals surface area contributed by atoms with E-state index in [2.05, 4.69) is 44.8 Å². The van der Waals surface area contributed by atoms with E-state index in [1.165, 1.54) is 51.9 Å². The van der Waals surface area contributed by atoms with E-state index in [-0.39, 0.29) is 0 Å². The van der Waals surface area contributed by atoms with E-state index in [0.717, 1.165) is 12.0 Å². The first kappa shape index (κ1) is 15.3. The Hall–Kier alpha value is -0.0800. The van der Waals surface area contributed by atoms with Gasteiger partial charge in [-0.1, -0.05) is 34.6 Å². The number of likely N-dealkylation sites (tertiary alicyclic amines) is 1. The number of hydrogen-bond acceptors (Lipinski definition) is 2. The normalized spacial score (nSPS) is 28.6. The molecule has 1 N–H and O–H groups in total. The molecule has 0 amide bonds. The summed E-state index contributed by atoms with van der Waals surface area (Å²) >= 11 is 0. The van der Waals surface area contributed by atoms with Crippen LogP contribution in [0.1, 0.15) is 60.3 Å². The Balaban J connectivity index is 1.81. The van der Waals surface area contributed by atoms with Gasteiger partial charge in [-0.2, -0.15) is 0 Å². The number of nitrogens with zero attached hydrogens (tertiary/aromatic N) is 1. The van der Waals surface area contributed by atoms with Crippen LogP contribution in [0.2, 0.25) is 0 Å². The SMILES string of the molecule is CCC(C)(CNC1CC1)CN1CCC(C(C)(C)C)C1. The van der Waals surface area contributed by atoms with E-state index in [9.17, 15) is 0 Å². The first-order chi connectivity index (χ1) is 8.82. The first-order valence-electron chi connectivity index (χ1n) is 8.28. The summed E-state index contributed by atoms with van der Waals surface area (Å²) in [5, 5.41) is 3.74. The lowest BCUT2D eigenvalue weighted by Gasteiger charge is -2.34. The summed E-state index contributed by atoms with van der Waals surface area (Å²) in [5.74, 6) is 0.880. The van der Waals surface area contributed by atoms with E-state index < -0.39 is 0 Å². The maximum absolute atomic E-state index is 3.74. The third-order valence-electron chi connectivity index (χ3n) is 5.35. The van der Waals surface area contributed by atoms with Crippen molar-refractivity contribution in [3.63, 3.8) is 0 Å². The molecule has 2 nitrogen and oxygen atoms in total. The Morgan fingerprint density at radius 3 is 2.26 bits per heavy atom. The Morgan fingerprint density at radius 2 is 1.79 bits per heavy atom. The van der Waals surface area contributed by atoms with Crippen molar-refractivity contribution in [2.75, 3.05) is 26.2 Å². The van der Waals surface area contributed by atoms with E-state index in [1.807, 2.05) is 0 Å². The number of hydrogen-bond donors (Lipinski definition) is 1. The summed E-state index contributed by atoms with van der Waals surface area (Å²) in [5.41, 5.74) is 0.930. The molecule has 19 heavy (non-hydrogen) atoms. The van der Waals surface area contributed by atoms with Crippen molar-refractivity contribution in [3.8, 4) is 0 Å². The molecule has 0 bridgehead atoms. The van der Waals surface area contributed by atoms with Crippen LogP contribution in [-0.2, 0) is 0 Å². The first-order valence-corrected chi connectivity index (χ1v) is 8.28. The Bertz CT molecular complexity index is 290. The van der Waals surface area contributed by atoms with Gasteiger partial charge < -0.3 is 10.2 Å². The smallest absolute Gasteiger partial charge is 0.00684 e. The highest BCUT2D eigenvalue weighted by Gasteiger charge is 2.35. The average molecular weight is 266 g/mol. The minimum Gasteiger partial charge on any atom is -0.313 e. The molecule has 1 aliphatic carbocycles. The van der Waals surface area contributed by atoms with Crippen LogP contribution in [0.4, 0.5) is 0 Å². The second-order valence-corrected chi connectivity index (χ2v) is 8.41. The van der Waals surface area contributed by atoms with Crippen molar-refractivity contribution in [3.05, 3.63) is 0 Å². The number of rotatable bonds is 6. The molecular weight excluding hydrogens is 232 g/mol. The second kappa shape index (κ2) is 5.73. The monoisotopic (exact) mass is 266 g/mol. The fourth-order valence-electron chi connectivity index (χ4n) is 3.19. The second-order valence-electron chi connectivity index (χ2n) is 8.41. The predicted molar refractivity (Wildman–Crippen MR) is 83.4 cm³/mol. The molecule has 0 aromatic heterocycles. The predicted octanol–water partition coefficient (Wildman–Crippen LogP) is 3.52. The molecule has 2 unspecified atom stereocenters. The van der Waals surface area contributed by atoms with Gasteiger partial charge in [0.15, 0.2) is 0 Å².